The van der Waals surface area contributed by atoms with Crippen LogP contribution in [0.3, 0.4) is 0 Å². The van der Waals surface area contributed by atoms with E-state index in [-0.39, 0.29) is 24.6 Å². The van der Waals surface area contributed by atoms with Gasteiger partial charge in [-0.25, -0.2) is 4.39 Å². The van der Waals surface area contributed by atoms with Gasteiger partial charge in [0.2, 0.25) is 5.91 Å². The summed E-state index contributed by atoms with van der Waals surface area (Å²) in [5.41, 5.74) is 1.49. The van der Waals surface area contributed by atoms with Crippen LogP contribution < -0.4 is 4.90 Å². The first-order chi connectivity index (χ1) is 12.0. The average Bonchev–Trinajstić information content (AvgIpc) is 2.73. The van der Waals surface area contributed by atoms with E-state index in [9.17, 15) is 14.0 Å². The van der Waals surface area contributed by atoms with Gasteiger partial charge in [0, 0.05) is 16.1 Å². The summed E-state index contributed by atoms with van der Waals surface area (Å²) in [5.74, 6) is -1.41. The SMILES string of the molecule is COC(=O)CN1C(=O)CN=C(c2ccccc2F)c2cc(Cl)ccc21. The van der Waals surface area contributed by atoms with E-state index in [4.69, 9.17) is 11.6 Å². The predicted octanol–water partition coefficient (Wildman–Crippen LogP) is 2.84. The van der Waals surface area contributed by atoms with Crippen LogP contribution in [0.4, 0.5) is 10.1 Å². The number of benzene rings is 2. The van der Waals surface area contributed by atoms with E-state index in [0.29, 0.717) is 22.0 Å². The number of fused-ring (bicyclic) bond motifs is 1. The fourth-order valence-electron chi connectivity index (χ4n) is 2.64. The van der Waals surface area contributed by atoms with Crippen molar-refractivity contribution in [3.05, 3.63) is 64.4 Å². The first-order valence-electron chi connectivity index (χ1n) is 7.47. The Hall–Kier alpha value is -2.73. The maximum Gasteiger partial charge on any atom is 0.325 e. The summed E-state index contributed by atoms with van der Waals surface area (Å²) >= 11 is 6.10. The molecule has 0 bridgehead atoms. The minimum atomic E-state index is -0.566. The number of nitrogens with zero attached hydrogens (tertiary/aromatic N) is 2. The lowest BCUT2D eigenvalue weighted by atomic mass is 9.99. The lowest BCUT2D eigenvalue weighted by molar-refractivity contribution is -0.139. The smallest absolute Gasteiger partial charge is 0.325 e. The molecule has 25 heavy (non-hydrogen) atoms. The Labute approximate surface area is 148 Å². The Balaban J connectivity index is 2.17. The van der Waals surface area contributed by atoms with Crippen LogP contribution in [0.2, 0.25) is 5.02 Å². The van der Waals surface area contributed by atoms with Gasteiger partial charge in [0.1, 0.15) is 18.9 Å². The maximum atomic E-state index is 14.3. The first kappa shape index (κ1) is 17.1. The van der Waals surface area contributed by atoms with Crippen LogP contribution >= 0.6 is 11.6 Å². The summed E-state index contributed by atoms with van der Waals surface area (Å²) < 4.78 is 18.9. The number of esters is 1. The van der Waals surface area contributed by atoms with Crippen molar-refractivity contribution in [3.63, 3.8) is 0 Å². The lowest BCUT2D eigenvalue weighted by Gasteiger charge is -2.22. The van der Waals surface area contributed by atoms with E-state index in [0.717, 1.165) is 0 Å². The third-order valence-corrected chi connectivity index (χ3v) is 4.06. The zero-order valence-corrected chi connectivity index (χ0v) is 14.1. The number of hydrogen-bond donors (Lipinski definition) is 0. The molecule has 0 radical (unpaired) electrons. The van der Waals surface area contributed by atoms with Gasteiger partial charge in [-0.15, -0.1) is 0 Å². The monoisotopic (exact) mass is 360 g/mol. The Kier molecular flexibility index (Phi) is 4.81. The van der Waals surface area contributed by atoms with Gasteiger partial charge in [0.15, 0.2) is 0 Å². The van der Waals surface area contributed by atoms with Gasteiger partial charge in [-0.1, -0.05) is 23.7 Å². The van der Waals surface area contributed by atoms with Gasteiger partial charge >= 0.3 is 5.97 Å². The second-order valence-electron chi connectivity index (χ2n) is 5.36. The van der Waals surface area contributed by atoms with Crippen LogP contribution in [0.15, 0.2) is 47.5 Å². The number of anilines is 1. The molecule has 1 aliphatic rings. The molecule has 1 aliphatic heterocycles. The third-order valence-electron chi connectivity index (χ3n) is 3.82. The summed E-state index contributed by atoms with van der Waals surface area (Å²) in [6.45, 7) is -0.475. The van der Waals surface area contributed by atoms with Crippen LogP contribution in [-0.2, 0) is 14.3 Å². The van der Waals surface area contributed by atoms with Crippen LogP contribution in [0.1, 0.15) is 11.1 Å². The number of hydrogen-bond acceptors (Lipinski definition) is 4. The summed E-state index contributed by atoms with van der Waals surface area (Å²) in [6, 6.07) is 11.0. The first-order valence-corrected chi connectivity index (χ1v) is 7.85. The molecule has 1 heterocycles. The van der Waals surface area contributed by atoms with Crippen molar-refractivity contribution in [1.29, 1.82) is 0 Å². The van der Waals surface area contributed by atoms with E-state index in [1.54, 1.807) is 36.4 Å². The molecule has 2 aromatic rings. The number of benzodiazepines with no additional fused rings is 1. The molecule has 2 aromatic carbocycles. The molecule has 0 unspecified atom stereocenters. The topological polar surface area (TPSA) is 59.0 Å². The fraction of sp³-hybridized carbons (Fsp3) is 0.167. The van der Waals surface area contributed by atoms with Gasteiger partial charge in [0.25, 0.3) is 0 Å². The zero-order chi connectivity index (χ0) is 18.0. The number of carbonyl (C=O) groups is 2. The van der Waals surface area contributed by atoms with Crippen molar-refractivity contribution in [2.45, 2.75) is 0 Å². The predicted molar refractivity (Wildman–Crippen MR) is 92.7 cm³/mol. The van der Waals surface area contributed by atoms with Crippen molar-refractivity contribution >= 4 is 34.9 Å². The maximum absolute atomic E-state index is 14.3. The average molecular weight is 361 g/mol. The Morgan fingerprint density at radius 1 is 1.28 bits per heavy atom. The molecule has 0 atom stereocenters. The van der Waals surface area contributed by atoms with E-state index < -0.39 is 11.8 Å². The fourth-order valence-corrected chi connectivity index (χ4v) is 2.81. The van der Waals surface area contributed by atoms with Crippen LogP contribution in [0, 0.1) is 5.82 Å². The number of amides is 1. The highest BCUT2D eigenvalue weighted by Crippen LogP contribution is 2.30. The molecule has 0 aliphatic carbocycles. The second-order valence-corrected chi connectivity index (χ2v) is 5.80. The molecular formula is C18H14ClFN2O3. The molecule has 1 amide bonds. The number of ether oxygens (including phenoxy) is 1. The Bertz CT molecular complexity index is 882. The minimum Gasteiger partial charge on any atom is -0.468 e. The normalized spacial score (nSPS) is 13.8. The number of methoxy groups -OCH3 is 1. The van der Waals surface area contributed by atoms with E-state index in [2.05, 4.69) is 9.73 Å². The number of carbonyl (C=O) groups excluding carboxylic acids is 2. The molecule has 3 rings (SSSR count). The highest BCUT2D eigenvalue weighted by atomic mass is 35.5. The Morgan fingerprint density at radius 3 is 2.76 bits per heavy atom. The van der Waals surface area contributed by atoms with Gasteiger partial charge in [0.05, 0.1) is 18.5 Å². The number of rotatable bonds is 3. The van der Waals surface area contributed by atoms with Crippen LogP contribution in [0.5, 0.6) is 0 Å². The molecule has 0 saturated heterocycles. The van der Waals surface area contributed by atoms with Crippen molar-refractivity contribution in [3.8, 4) is 0 Å². The Morgan fingerprint density at radius 2 is 2.04 bits per heavy atom. The highest BCUT2D eigenvalue weighted by Gasteiger charge is 2.28. The zero-order valence-electron chi connectivity index (χ0n) is 13.3. The number of halogens is 2. The molecule has 0 fully saturated rings. The second kappa shape index (κ2) is 7.03. The number of aliphatic imine (C=N–C) groups is 1. The molecule has 5 nitrogen and oxygen atoms in total. The molecule has 7 heteroatoms. The summed E-state index contributed by atoms with van der Waals surface area (Å²) in [5, 5.41) is 0.412. The molecule has 128 valence electrons. The van der Waals surface area contributed by atoms with Gasteiger partial charge in [-0.2, -0.15) is 0 Å². The molecule has 0 saturated carbocycles. The van der Waals surface area contributed by atoms with Gasteiger partial charge in [-0.3, -0.25) is 19.5 Å². The quantitative estimate of drug-likeness (QED) is 0.791. The van der Waals surface area contributed by atoms with Crippen molar-refractivity contribution < 1.29 is 18.7 Å². The standard InChI is InChI=1S/C18H14ClFN2O3/c1-25-17(24)10-22-15-7-6-11(19)8-13(15)18(21-9-16(22)23)12-4-2-3-5-14(12)20/h2-8H,9-10H2,1H3. The van der Waals surface area contributed by atoms with Crippen molar-refractivity contribution in [2.75, 3.05) is 25.1 Å². The minimum absolute atomic E-state index is 0.215. The molecule has 0 aromatic heterocycles. The summed E-state index contributed by atoms with van der Waals surface area (Å²) in [4.78, 5) is 29.7. The lowest BCUT2D eigenvalue weighted by Crippen LogP contribution is -2.37. The highest BCUT2D eigenvalue weighted by molar-refractivity contribution is 6.32. The van der Waals surface area contributed by atoms with Gasteiger partial charge < -0.3 is 4.74 Å². The van der Waals surface area contributed by atoms with E-state index >= 15 is 0 Å². The molecule has 0 spiro atoms. The van der Waals surface area contributed by atoms with Crippen LogP contribution in [0.25, 0.3) is 0 Å². The third kappa shape index (κ3) is 3.39. The van der Waals surface area contributed by atoms with Gasteiger partial charge in [-0.05, 0) is 30.3 Å². The van der Waals surface area contributed by atoms with Crippen molar-refractivity contribution in [2.24, 2.45) is 4.99 Å². The summed E-state index contributed by atoms with van der Waals surface area (Å²) in [7, 11) is 1.24. The summed E-state index contributed by atoms with van der Waals surface area (Å²) in [6.07, 6.45) is 0. The molecule has 0 N–H and O–H groups in total. The van der Waals surface area contributed by atoms with E-state index in [1.807, 2.05) is 0 Å². The van der Waals surface area contributed by atoms with Crippen LogP contribution in [-0.4, -0.2) is 37.8 Å². The largest absolute Gasteiger partial charge is 0.468 e. The van der Waals surface area contributed by atoms with Crippen molar-refractivity contribution in [1.82, 2.24) is 0 Å². The molecular weight excluding hydrogens is 347 g/mol. The van der Waals surface area contributed by atoms with E-state index in [1.165, 1.54) is 18.1 Å².